The van der Waals surface area contributed by atoms with Gasteiger partial charge in [0.25, 0.3) is 0 Å². The Kier molecular flexibility index (Phi) is 11.9. The van der Waals surface area contributed by atoms with E-state index in [9.17, 15) is 44.1 Å². The monoisotopic (exact) mass is 524 g/mol. The smallest absolute Gasteiger partial charge is 0.326 e. The van der Waals surface area contributed by atoms with Gasteiger partial charge in [0, 0.05) is 12.8 Å². The number of aliphatic hydroxyl groups is 1. The van der Waals surface area contributed by atoms with Gasteiger partial charge in [0.05, 0.1) is 18.6 Å². The van der Waals surface area contributed by atoms with Crippen LogP contribution in [-0.4, -0.2) is 81.1 Å². The van der Waals surface area contributed by atoms with Gasteiger partial charge < -0.3 is 48.5 Å². The summed E-state index contributed by atoms with van der Waals surface area (Å²) in [5.41, 5.74) is 16.2. The second kappa shape index (κ2) is 14.4. The molecule has 15 heteroatoms. The summed E-state index contributed by atoms with van der Waals surface area (Å²) in [6.07, 6.45) is -2.81. The van der Waals surface area contributed by atoms with Gasteiger partial charge in [0.15, 0.2) is 0 Å². The van der Waals surface area contributed by atoms with Crippen LogP contribution >= 0.6 is 0 Å². The number of carboxylic acid groups (broad SMARTS) is 1. The normalized spacial score (nSPS) is 14.8. The second-order valence-corrected chi connectivity index (χ2v) is 8.34. The Morgan fingerprint density at radius 3 is 1.92 bits per heavy atom. The van der Waals surface area contributed by atoms with Crippen molar-refractivity contribution in [3.8, 4) is 5.75 Å². The number of aromatic hydroxyl groups is 1. The van der Waals surface area contributed by atoms with Crippen molar-refractivity contribution in [2.24, 2.45) is 17.2 Å². The summed E-state index contributed by atoms with van der Waals surface area (Å²) < 4.78 is 0. The van der Waals surface area contributed by atoms with E-state index in [1.807, 2.05) is 0 Å². The van der Waals surface area contributed by atoms with Gasteiger partial charge in [0.1, 0.15) is 23.9 Å². The lowest BCUT2D eigenvalue weighted by molar-refractivity contribution is -0.143. The number of nitrogens with one attached hydrogen (secondary N) is 3. The van der Waals surface area contributed by atoms with Gasteiger partial charge in [0.2, 0.25) is 29.5 Å². The van der Waals surface area contributed by atoms with Crippen LogP contribution in [0.25, 0.3) is 0 Å². The summed E-state index contributed by atoms with van der Waals surface area (Å²) in [6, 6.07) is -0.288. The molecule has 0 spiro atoms. The van der Waals surface area contributed by atoms with Gasteiger partial charge in [-0.15, -0.1) is 0 Å². The predicted molar refractivity (Wildman–Crippen MR) is 127 cm³/mol. The molecule has 0 fully saturated rings. The Balaban J connectivity index is 3.10. The average Bonchev–Trinajstić information content (AvgIpc) is 2.79. The fourth-order valence-corrected chi connectivity index (χ4v) is 3.13. The molecule has 1 aromatic rings. The molecule has 1 rings (SSSR count). The molecule has 0 saturated heterocycles. The van der Waals surface area contributed by atoms with Crippen LogP contribution in [0.15, 0.2) is 24.3 Å². The molecule has 12 N–H and O–H groups in total. The number of hydrogen-bond donors (Lipinski definition) is 9. The Hall–Kier alpha value is -4.24. The molecule has 0 heterocycles. The molecule has 5 unspecified atom stereocenters. The molecule has 204 valence electrons. The zero-order valence-corrected chi connectivity index (χ0v) is 20.0. The zero-order valence-electron chi connectivity index (χ0n) is 20.0. The standard InChI is InChI=1S/C22H32N6O9/c1-10(29)18(21(35)26-14(22(36)37)6-7-16(24)31)28-20(34)15(8-11-2-4-12(30)5-3-11)27-19(33)13(23)9-17(25)32/h2-5,10,13-15,18,29-30H,6-9,23H2,1H3,(H2,24,31)(H2,25,32)(H,26,35)(H,27,33)(H,28,34)(H,36,37). The number of nitrogens with two attached hydrogens (primary N) is 3. The van der Waals surface area contributed by atoms with E-state index in [-0.39, 0.29) is 25.0 Å². The third-order valence-electron chi connectivity index (χ3n) is 5.12. The Morgan fingerprint density at radius 1 is 0.865 bits per heavy atom. The van der Waals surface area contributed by atoms with Crippen LogP contribution in [0.4, 0.5) is 0 Å². The Labute approximate surface area is 211 Å². The third kappa shape index (κ3) is 10.9. The number of carbonyl (C=O) groups excluding carboxylic acids is 5. The maximum Gasteiger partial charge on any atom is 0.326 e. The lowest BCUT2D eigenvalue weighted by Gasteiger charge is -2.26. The molecule has 0 aromatic heterocycles. The first-order valence-electron chi connectivity index (χ1n) is 11.1. The number of primary amides is 2. The first-order chi connectivity index (χ1) is 17.2. The van der Waals surface area contributed by atoms with Crippen molar-refractivity contribution >= 4 is 35.5 Å². The summed E-state index contributed by atoms with van der Waals surface area (Å²) in [7, 11) is 0. The molecule has 0 aliphatic rings. The van der Waals surface area contributed by atoms with Crippen LogP contribution in [-0.2, 0) is 35.2 Å². The van der Waals surface area contributed by atoms with Gasteiger partial charge in [-0.2, -0.15) is 0 Å². The minimum Gasteiger partial charge on any atom is -0.508 e. The summed E-state index contributed by atoms with van der Waals surface area (Å²) in [5, 5.41) is 35.6. The maximum atomic E-state index is 13.1. The first kappa shape index (κ1) is 30.8. The van der Waals surface area contributed by atoms with E-state index in [1.54, 1.807) is 0 Å². The van der Waals surface area contributed by atoms with Gasteiger partial charge in [-0.25, -0.2) is 4.79 Å². The zero-order chi connectivity index (χ0) is 28.3. The molecular weight excluding hydrogens is 492 g/mol. The quantitative estimate of drug-likeness (QED) is 0.108. The average molecular weight is 525 g/mol. The van der Waals surface area contributed by atoms with Gasteiger partial charge >= 0.3 is 5.97 Å². The molecule has 0 aliphatic heterocycles. The van der Waals surface area contributed by atoms with Crippen LogP contribution in [0.1, 0.15) is 31.7 Å². The van der Waals surface area contributed by atoms with E-state index >= 15 is 0 Å². The van der Waals surface area contributed by atoms with Crippen molar-refractivity contribution in [3.05, 3.63) is 29.8 Å². The van der Waals surface area contributed by atoms with E-state index < -0.39 is 72.2 Å². The molecule has 0 saturated carbocycles. The third-order valence-corrected chi connectivity index (χ3v) is 5.12. The molecule has 5 atom stereocenters. The number of benzene rings is 1. The molecule has 5 amide bonds. The first-order valence-corrected chi connectivity index (χ1v) is 11.1. The molecule has 0 bridgehead atoms. The molecule has 0 aliphatic carbocycles. The Bertz CT molecular complexity index is 999. The highest BCUT2D eigenvalue weighted by atomic mass is 16.4. The SMILES string of the molecule is CC(O)C(NC(=O)C(Cc1ccc(O)cc1)NC(=O)C(N)CC(N)=O)C(=O)NC(CCC(N)=O)C(=O)O. The summed E-state index contributed by atoms with van der Waals surface area (Å²) >= 11 is 0. The van der Waals surface area contributed by atoms with Crippen molar-refractivity contribution < 1.29 is 44.1 Å². The fourth-order valence-electron chi connectivity index (χ4n) is 3.13. The highest BCUT2D eigenvalue weighted by molar-refractivity contribution is 5.95. The summed E-state index contributed by atoms with van der Waals surface area (Å²) in [4.78, 5) is 71.7. The Morgan fingerprint density at radius 2 is 1.43 bits per heavy atom. The van der Waals surface area contributed by atoms with Crippen molar-refractivity contribution in [3.63, 3.8) is 0 Å². The molecule has 0 radical (unpaired) electrons. The van der Waals surface area contributed by atoms with Gasteiger partial charge in [-0.1, -0.05) is 12.1 Å². The van der Waals surface area contributed by atoms with Crippen molar-refractivity contribution in [1.29, 1.82) is 0 Å². The van der Waals surface area contributed by atoms with Crippen LogP contribution in [0.5, 0.6) is 5.75 Å². The lowest BCUT2D eigenvalue weighted by atomic mass is 10.0. The highest BCUT2D eigenvalue weighted by Gasteiger charge is 2.33. The maximum absolute atomic E-state index is 13.1. The van der Waals surface area contributed by atoms with Crippen LogP contribution in [0, 0.1) is 0 Å². The summed E-state index contributed by atoms with van der Waals surface area (Å²) in [5.74, 6) is -6.06. The van der Waals surface area contributed by atoms with Crippen molar-refractivity contribution in [2.45, 2.75) is 62.9 Å². The topological polar surface area (TPSA) is 277 Å². The van der Waals surface area contributed by atoms with E-state index in [0.717, 1.165) is 0 Å². The largest absolute Gasteiger partial charge is 0.508 e. The van der Waals surface area contributed by atoms with Gasteiger partial charge in [-0.05, 0) is 31.0 Å². The minimum absolute atomic E-state index is 0.0487. The van der Waals surface area contributed by atoms with Crippen LogP contribution < -0.4 is 33.2 Å². The number of rotatable bonds is 15. The number of aliphatic carboxylic acids is 1. The van der Waals surface area contributed by atoms with Crippen LogP contribution in [0.3, 0.4) is 0 Å². The number of phenolic OH excluding ortho intramolecular Hbond substituents is 1. The van der Waals surface area contributed by atoms with E-state index in [4.69, 9.17) is 17.2 Å². The summed E-state index contributed by atoms with van der Waals surface area (Å²) in [6.45, 7) is 1.17. The number of carbonyl (C=O) groups is 6. The fraction of sp³-hybridized carbons (Fsp3) is 0.455. The molecular formula is C22H32N6O9. The predicted octanol–water partition coefficient (Wildman–Crippen LogP) is -3.68. The van der Waals surface area contributed by atoms with E-state index in [0.29, 0.717) is 5.56 Å². The van der Waals surface area contributed by atoms with Crippen molar-refractivity contribution in [1.82, 2.24) is 16.0 Å². The number of phenols is 1. The minimum atomic E-state index is -1.65. The van der Waals surface area contributed by atoms with Gasteiger partial charge in [-0.3, -0.25) is 24.0 Å². The number of aliphatic hydroxyl groups excluding tert-OH is 1. The van der Waals surface area contributed by atoms with E-state index in [1.165, 1.54) is 31.2 Å². The number of hydrogen-bond acceptors (Lipinski definition) is 9. The number of carboxylic acids is 1. The van der Waals surface area contributed by atoms with Crippen LogP contribution in [0.2, 0.25) is 0 Å². The van der Waals surface area contributed by atoms with Crippen molar-refractivity contribution in [2.75, 3.05) is 0 Å². The molecule has 15 nitrogen and oxygen atoms in total. The molecule has 1 aromatic carbocycles. The molecule has 37 heavy (non-hydrogen) atoms. The number of amides is 5. The lowest BCUT2D eigenvalue weighted by Crippen LogP contribution is -2.60. The van der Waals surface area contributed by atoms with E-state index in [2.05, 4.69) is 16.0 Å². The highest BCUT2D eigenvalue weighted by Crippen LogP contribution is 2.12. The second-order valence-electron chi connectivity index (χ2n) is 8.34.